The summed E-state index contributed by atoms with van der Waals surface area (Å²) < 4.78 is 63.2. The molecule has 148 valence electrons. The fourth-order valence-electron chi connectivity index (χ4n) is 1.92. The Morgan fingerprint density at radius 2 is 1.88 bits per heavy atom. The van der Waals surface area contributed by atoms with E-state index in [1.807, 2.05) is 0 Å². The summed E-state index contributed by atoms with van der Waals surface area (Å²) >= 11 is 0. The molecule has 0 aliphatic heterocycles. The van der Waals surface area contributed by atoms with Crippen molar-refractivity contribution < 1.29 is 26.7 Å². The van der Waals surface area contributed by atoms with Crippen molar-refractivity contribution >= 4 is 35.8 Å². The summed E-state index contributed by atoms with van der Waals surface area (Å²) in [7, 11) is 2.45. The van der Waals surface area contributed by atoms with E-state index >= 15 is 0 Å². The highest BCUT2D eigenvalue weighted by molar-refractivity contribution is 14.0. The predicted molar refractivity (Wildman–Crippen MR) is 98.5 cm³/mol. The van der Waals surface area contributed by atoms with Gasteiger partial charge in [-0.05, 0) is 30.2 Å². The maximum atomic E-state index is 13.5. The number of amides is 1. The number of alkyl halides is 3. The van der Waals surface area contributed by atoms with Crippen LogP contribution in [0.5, 0.6) is 0 Å². The fourth-order valence-corrected chi connectivity index (χ4v) is 1.92. The number of nitrogens with one attached hydrogen (secondary N) is 2. The molecular weight excluding hydrogens is 474 g/mol. The lowest BCUT2D eigenvalue weighted by Crippen LogP contribution is -2.45. The van der Waals surface area contributed by atoms with Gasteiger partial charge in [0.2, 0.25) is 5.91 Å². The number of carbonyl (C=O) groups is 1. The fraction of sp³-hybridized carbons (Fsp3) is 0.467. The first kappa shape index (κ1) is 24.3. The topological polar surface area (TPSA) is 56.7 Å². The van der Waals surface area contributed by atoms with Gasteiger partial charge in [0.1, 0.15) is 18.2 Å². The van der Waals surface area contributed by atoms with Crippen molar-refractivity contribution in [2.24, 2.45) is 4.99 Å². The minimum atomic E-state index is -4.47. The standard InChI is InChI=1S/C15H19F5N4O.HI/c1-21-14(23-8-13(25)24(2)9-15(18,19)20)22-6-5-10-7-11(16)3-4-12(10)17;/h3-4,7H,5-6,8-9H2,1-2H3,(H2,21,22,23);1H. The molecule has 0 bridgehead atoms. The molecule has 2 N–H and O–H groups in total. The molecule has 0 heterocycles. The van der Waals surface area contributed by atoms with E-state index in [0.717, 1.165) is 25.2 Å². The van der Waals surface area contributed by atoms with E-state index in [-0.39, 0.29) is 55.0 Å². The molecule has 0 unspecified atom stereocenters. The summed E-state index contributed by atoms with van der Waals surface area (Å²) in [6.45, 7) is -1.55. The van der Waals surface area contributed by atoms with Crippen molar-refractivity contribution in [3.8, 4) is 0 Å². The van der Waals surface area contributed by atoms with E-state index < -0.39 is 30.3 Å². The summed E-state index contributed by atoms with van der Waals surface area (Å²) in [5, 5.41) is 5.32. The SMILES string of the molecule is CN=C(NCCc1cc(F)ccc1F)NCC(=O)N(C)CC(F)(F)F.I. The number of aliphatic imine (C=N–C) groups is 1. The third-order valence-corrected chi connectivity index (χ3v) is 3.17. The number of hydrogen-bond acceptors (Lipinski definition) is 2. The molecule has 0 atom stereocenters. The lowest BCUT2D eigenvalue weighted by atomic mass is 10.1. The van der Waals surface area contributed by atoms with Gasteiger partial charge in [-0.25, -0.2) is 8.78 Å². The van der Waals surface area contributed by atoms with Crippen molar-refractivity contribution in [1.82, 2.24) is 15.5 Å². The molecule has 0 saturated carbocycles. The molecular formula is C15H20F5IN4O. The second-order valence-electron chi connectivity index (χ2n) is 5.20. The van der Waals surface area contributed by atoms with Gasteiger partial charge in [0, 0.05) is 20.6 Å². The first-order valence-electron chi connectivity index (χ1n) is 7.31. The number of carbonyl (C=O) groups excluding carboxylic acids is 1. The molecule has 0 spiro atoms. The molecule has 0 aliphatic carbocycles. The number of halogens is 6. The highest BCUT2D eigenvalue weighted by atomic mass is 127. The largest absolute Gasteiger partial charge is 0.406 e. The summed E-state index contributed by atoms with van der Waals surface area (Å²) in [5.41, 5.74) is 0.170. The maximum absolute atomic E-state index is 13.5. The number of likely N-dealkylation sites (N-methyl/N-ethyl adjacent to an activating group) is 1. The van der Waals surface area contributed by atoms with Crippen LogP contribution in [0, 0.1) is 11.6 Å². The molecule has 11 heteroatoms. The van der Waals surface area contributed by atoms with Gasteiger partial charge >= 0.3 is 6.18 Å². The molecule has 0 saturated heterocycles. The zero-order valence-corrected chi connectivity index (χ0v) is 16.5. The zero-order valence-electron chi connectivity index (χ0n) is 14.2. The van der Waals surface area contributed by atoms with Gasteiger partial charge in [-0.2, -0.15) is 13.2 Å². The van der Waals surface area contributed by atoms with E-state index in [0.29, 0.717) is 4.90 Å². The van der Waals surface area contributed by atoms with Crippen LogP contribution in [0.4, 0.5) is 22.0 Å². The minimum absolute atomic E-state index is 0. The van der Waals surface area contributed by atoms with E-state index in [2.05, 4.69) is 15.6 Å². The second kappa shape index (κ2) is 11.1. The van der Waals surface area contributed by atoms with Gasteiger partial charge in [-0.1, -0.05) is 0 Å². The van der Waals surface area contributed by atoms with Crippen molar-refractivity contribution in [3.63, 3.8) is 0 Å². The quantitative estimate of drug-likeness (QED) is 0.277. The smallest absolute Gasteiger partial charge is 0.356 e. The van der Waals surface area contributed by atoms with Crippen LogP contribution in [0.3, 0.4) is 0 Å². The molecule has 0 aromatic heterocycles. The third-order valence-electron chi connectivity index (χ3n) is 3.17. The zero-order chi connectivity index (χ0) is 19.0. The van der Waals surface area contributed by atoms with Crippen molar-refractivity contribution in [2.75, 3.05) is 33.7 Å². The van der Waals surface area contributed by atoms with E-state index in [1.54, 1.807) is 0 Å². The Hall–Kier alpha value is -1.66. The Balaban J connectivity index is 0.00000625. The summed E-state index contributed by atoms with van der Waals surface area (Å²) in [6, 6.07) is 3.10. The molecule has 0 aliphatic rings. The molecule has 1 aromatic rings. The van der Waals surface area contributed by atoms with E-state index in [1.165, 1.54) is 7.05 Å². The van der Waals surface area contributed by atoms with Crippen LogP contribution in [-0.2, 0) is 11.2 Å². The molecule has 1 aromatic carbocycles. The van der Waals surface area contributed by atoms with Crippen LogP contribution < -0.4 is 10.6 Å². The molecule has 0 fully saturated rings. The molecule has 26 heavy (non-hydrogen) atoms. The highest BCUT2D eigenvalue weighted by Gasteiger charge is 2.31. The Morgan fingerprint density at radius 3 is 2.46 bits per heavy atom. The van der Waals surface area contributed by atoms with Crippen LogP contribution in [-0.4, -0.2) is 56.7 Å². The summed E-state index contributed by atoms with van der Waals surface area (Å²) in [6.07, 6.45) is -4.31. The number of guanidine groups is 1. The van der Waals surface area contributed by atoms with Gasteiger partial charge < -0.3 is 15.5 Å². The van der Waals surface area contributed by atoms with Gasteiger partial charge in [-0.3, -0.25) is 9.79 Å². The van der Waals surface area contributed by atoms with Crippen LogP contribution in [0.1, 0.15) is 5.56 Å². The number of nitrogens with zero attached hydrogens (tertiary/aromatic N) is 2. The van der Waals surface area contributed by atoms with Gasteiger partial charge in [0.25, 0.3) is 0 Å². The van der Waals surface area contributed by atoms with Gasteiger partial charge in [-0.15, -0.1) is 24.0 Å². The molecule has 1 rings (SSSR count). The van der Waals surface area contributed by atoms with Crippen molar-refractivity contribution in [2.45, 2.75) is 12.6 Å². The Labute approximate surface area is 165 Å². The first-order valence-corrected chi connectivity index (χ1v) is 7.31. The normalized spacial score (nSPS) is 11.6. The lowest BCUT2D eigenvalue weighted by Gasteiger charge is -2.20. The molecule has 0 radical (unpaired) electrons. The Morgan fingerprint density at radius 1 is 1.23 bits per heavy atom. The number of rotatable bonds is 6. The van der Waals surface area contributed by atoms with Crippen LogP contribution in [0.2, 0.25) is 0 Å². The monoisotopic (exact) mass is 494 g/mol. The summed E-state index contributed by atoms with van der Waals surface area (Å²) in [5.74, 6) is -1.71. The van der Waals surface area contributed by atoms with Crippen LogP contribution in [0.15, 0.2) is 23.2 Å². The van der Waals surface area contributed by atoms with Crippen LogP contribution in [0.25, 0.3) is 0 Å². The number of benzene rings is 1. The third kappa shape index (κ3) is 9.15. The number of hydrogen-bond donors (Lipinski definition) is 2. The maximum Gasteiger partial charge on any atom is 0.406 e. The predicted octanol–water partition coefficient (Wildman–Crippen LogP) is 2.31. The first-order chi connectivity index (χ1) is 11.6. The Kier molecular flexibility index (Phi) is 10.4. The second-order valence-corrected chi connectivity index (χ2v) is 5.20. The van der Waals surface area contributed by atoms with Crippen LogP contribution >= 0.6 is 24.0 Å². The van der Waals surface area contributed by atoms with Gasteiger partial charge in [0.15, 0.2) is 5.96 Å². The van der Waals surface area contributed by atoms with E-state index in [4.69, 9.17) is 0 Å². The summed E-state index contributed by atoms with van der Waals surface area (Å²) in [4.78, 5) is 16.0. The molecule has 1 amide bonds. The van der Waals surface area contributed by atoms with Crippen molar-refractivity contribution in [3.05, 3.63) is 35.4 Å². The lowest BCUT2D eigenvalue weighted by molar-refractivity contribution is -0.157. The highest BCUT2D eigenvalue weighted by Crippen LogP contribution is 2.15. The molecule has 5 nitrogen and oxygen atoms in total. The van der Waals surface area contributed by atoms with Crippen molar-refractivity contribution in [1.29, 1.82) is 0 Å². The average Bonchev–Trinajstić information content (AvgIpc) is 2.51. The average molecular weight is 494 g/mol. The van der Waals surface area contributed by atoms with Gasteiger partial charge in [0.05, 0.1) is 6.54 Å². The Bertz CT molecular complexity index is 625. The van der Waals surface area contributed by atoms with E-state index in [9.17, 15) is 26.7 Å². The minimum Gasteiger partial charge on any atom is -0.356 e.